The van der Waals surface area contributed by atoms with Crippen molar-refractivity contribution >= 4 is 26.9 Å². The Morgan fingerprint density at radius 1 is 1.03 bits per heavy atom. The van der Waals surface area contributed by atoms with Crippen LogP contribution >= 0.6 is 0 Å². The topological polar surface area (TPSA) is 69.7 Å². The molecule has 0 aliphatic heterocycles. The summed E-state index contributed by atoms with van der Waals surface area (Å²) < 4.78 is 70.8. The lowest BCUT2D eigenvalue weighted by Gasteiger charge is -2.15. The number of fused-ring (bicyclic) bond motifs is 1. The number of hydrogen-bond donors (Lipinski definition) is 0. The van der Waals surface area contributed by atoms with E-state index in [0.29, 0.717) is 16.5 Å². The van der Waals surface area contributed by atoms with Crippen LogP contribution < -0.4 is 4.18 Å². The minimum absolute atomic E-state index is 0.106. The zero-order chi connectivity index (χ0) is 22.1. The largest absolute Gasteiger partial charge is 0.534 e. The Morgan fingerprint density at radius 2 is 1.70 bits per heavy atom. The van der Waals surface area contributed by atoms with E-state index in [1.807, 2.05) is 19.1 Å². The van der Waals surface area contributed by atoms with Crippen molar-refractivity contribution in [2.24, 2.45) is 0 Å². The third-order valence-corrected chi connectivity index (χ3v) is 5.29. The third kappa shape index (κ3) is 4.25. The van der Waals surface area contributed by atoms with Gasteiger partial charge in [-0.05, 0) is 48.6 Å². The van der Waals surface area contributed by atoms with E-state index in [0.717, 1.165) is 11.6 Å². The van der Waals surface area contributed by atoms with Gasteiger partial charge in [-0.2, -0.15) is 21.6 Å². The van der Waals surface area contributed by atoms with E-state index in [1.165, 1.54) is 24.3 Å². The monoisotopic (exact) mass is 438 g/mol. The quantitative estimate of drug-likeness (QED) is 0.310. The molecule has 0 N–H and O–H groups in total. The number of ether oxygens (including phenoxy) is 1. The van der Waals surface area contributed by atoms with Crippen LogP contribution in [-0.4, -0.2) is 26.5 Å². The molecule has 0 radical (unpaired) electrons. The van der Waals surface area contributed by atoms with E-state index in [9.17, 15) is 26.4 Å². The standard InChI is InChI=1S/C21H17F3O5S/c1-3-28-20(25)18-11-15-5-4-6-19(29-30(26,27)21(22,23)24)17(15)12-16(18)14-9-7-13(2)8-10-14/h4-12H,3H2,1-2H3. The average molecular weight is 438 g/mol. The van der Waals surface area contributed by atoms with Crippen molar-refractivity contribution in [2.75, 3.05) is 6.61 Å². The van der Waals surface area contributed by atoms with Crippen LogP contribution in [0.25, 0.3) is 21.9 Å². The number of carbonyl (C=O) groups is 1. The molecule has 0 saturated carbocycles. The van der Waals surface area contributed by atoms with Gasteiger partial charge in [0.2, 0.25) is 0 Å². The molecule has 0 aliphatic carbocycles. The van der Waals surface area contributed by atoms with Crippen molar-refractivity contribution in [3.05, 3.63) is 65.7 Å². The molecule has 0 fully saturated rings. The van der Waals surface area contributed by atoms with Crippen LogP contribution in [0.2, 0.25) is 0 Å². The van der Waals surface area contributed by atoms with Crippen LogP contribution in [-0.2, 0) is 14.9 Å². The van der Waals surface area contributed by atoms with Crippen LogP contribution in [0.4, 0.5) is 13.2 Å². The van der Waals surface area contributed by atoms with Gasteiger partial charge < -0.3 is 8.92 Å². The summed E-state index contributed by atoms with van der Waals surface area (Å²) in [7, 11) is -5.85. The molecule has 3 aromatic carbocycles. The van der Waals surface area contributed by atoms with Gasteiger partial charge in [-0.15, -0.1) is 0 Å². The molecule has 3 aromatic rings. The average Bonchev–Trinajstić information content (AvgIpc) is 2.67. The first-order valence-electron chi connectivity index (χ1n) is 8.85. The molecule has 3 rings (SSSR count). The lowest BCUT2D eigenvalue weighted by molar-refractivity contribution is -0.0499. The number of benzene rings is 3. The maximum Gasteiger partial charge on any atom is 0.534 e. The van der Waals surface area contributed by atoms with Crippen LogP contribution in [0.5, 0.6) is 5.75 Å². The van der Waals surface area contributed by atoms with Crippen molar-refractivity contribution < 1.29 is 35.3 Å². The normalized spacial score (nSPS) is 12.0. The van der Waals surface area contributed by atoms with Crippen LogP contribution in [0.3, 0.4) is 0 Å². The molecule has 5 nitrogen and oxygen atoms in total. The van der Waals surface area contributed by atoms with Gasteiger partial charge in [0.25, 0.3) is 0 Å². The number of hydrogen-bond acceptors (Lipinski definition) is 5. The fourth-order valence-corrected chi connectivity index (χ4v) is 3.36. The minimum atomic E-state index is -5.85. The van der Waals surface area contributed by atoms with E-state index >= 15 is 0 Å². The summed E-state index contributed by atoms with van der Waals surface area (Å²) in [6.07, 6.45) is 0. The first-order chi connectivity index (χ1) is 14.0. The van der Waals surface area contributed by atoms with Gasteiger partial charge in [-0.25, -0.2) is 4.79 Å². The molecule has 30 heavy (non-hydrogen) atoms. The van der Waals surface area contributed by atoms with Crippen LogP contribution in [0.15, 0.2) is 54.6 Å². The maximum absolute atomic E-state index is 12.8. The van der Waals surface area contributed by atoms with E-state index in [4.69, 9.17) is 4.74 Å². The molecule has 0 heterocycles. The van der Waals surface area contributed by atoms with Crippen LogP contribution in [0, 0.1) is 6.92 Å². The highest BCUT2D eigenvalue weighted by Gasteiger charge is 2.48. The van der Waals surface area contributed by atoms with Crippen molar-refractivity contribution in [1.29, 1.82) is 0 Å². The van der Waals surface area contributed by atoms with Gasteiger partial charge in [-0.3, -0.25) is 0 Å². The molecule has 0 amide bonds. The summed E-state index contributed by atoms with van der Waals surface area (Å²) in [5, 5.41) is 0.428. The zero-order valence-corrected chi connectivity index (χ0v) is 16.8. The molecule has 0 atom stereocenters. The molecule has 158 valence electrons. The number of halogens is 3. The molecular weight excluding hydrogens is 421 g/mol. The lowest BCUT2D eigenvalue weighted by atomic mass is 9.94. The maximum atomic E-state index is 12.8. The number of carbonyl (C=O) groups excluding carboxylic acids is 1. The second-order valence-electron chi connectivity index (χ2n) is 6.44. The second kappa shape index (κ2) is 7.98. The Morgan fingerprint density at radius 3 is 2.30 bits per heavy atom. The van der Waals surface area contributed by atoms with E-state index in [-0.39, 0.29) is 17.6 Å². The number of alkyl halides is 3. The molecule has 0 bridgehead atoms. The number of esters is 1. The zero-order valence-electron chi connectivity index (χ0n) is 16.0. The van der Waals surface area contributed by atoms with Gasteiger partial charge in [0.15, 0.2) is 5.75 Å². The summed E-state index contributed by atoms with van der Waals surface area (Å²) >= 11 is 0. The van der Waals surface area contributed by atoms with Crippen LogP contribution in [0.1, 0.15) is 22.8 Å². The Balaban J connectivity index is 2.25. The first-order valence-corrected chi connectivity index (χ1v) is 10.3. The number of aryl methyl sites for hydroxylation is 1. The minimum Gasteiger partial charge on any atom is -0.462 e. The highest BCUT2D eigenvalue weighted by atomic mass is 32.2. The second-order valence-corrected chi connectivity index (χ2v) is 7.98. The molecule has 9 heteroatoms. The van der Waals surface area contributed by atoms with E-state index in [2.05, 4.69) is 4.18 Å². The molecule has 0 aliphatic rings. The van der Waals surface area contributed by atoms with E-state index < -0.39 is 27.3 Å². The predicted molar refractivity (Wildman–Crippen MR) is 106 cm³/mol. The van der Waals surface area contributed by atoms with Crippen molar-refractivity contribution in [3.8, 4) is 16.9 Å². The SMILES string of the molecule is CCOC(=O)c1cc2cccc(OS(=O)(=O)C(F)(F)F)c2cc1-c1ccc(C)cc1. The first kappa shape index (κ1) is 21.6. The predicted octanol–water partition coefficient (Wildman–Crippen LogP) is 5.22. The Bertz CT molecular complexity index is 1200. The fraction of sp³-hybridized carbons (Fsp3) is 0.190. The molecule has 0 aromatic heterocycles. The summed E-state index contributed by atoms with van der Waals surface area (Å²) in [6.45, 7) is 3.67. The highest BCUT2D eigenvalue weighted by Crippen LogP contribution is 2.36. The molecular formula is C21H17F3O5S. The van der Waals surface area contributed by atoms with Gasteiger partial charge >= 0.3 is 21.6 Å². The summed E-state index contributed by atoms with van der Waals surface area (Å²) in [5.74, 6) is -1.10. The number of rotatable bonds is 5. The molecule has 0 spiro atoms. The third-order valence-electron chi connectivity index (χ3n) is 4.32. The van der Waals surface area contributed by atoms with Crippen molar-refractivity contribution in [1.82, 2.24) is 0 Å². The van der Waals surface area contributed by atoms with Crippen molar-refractivity contribution in [2.45, 2.75) is 19.4 Å². The van der Waals surface area contributed by atoms with Gasteiger partial charge in [0.05, 0.1) is 12.2 Å². The Kier molecular flexibility index (Phi) is 5.76. The Labute approximate surface area is 171 Å². The summed E-state index contributed by atoms with van der Waals surface area (Å²) in [6, 6.07) is 14.0. The van der Waals surface area contributed by atoms with E-state index in [1.54, 1.807) is 19.1 Å². The molecule has 0 saturated heterocycles. The smallest absolute Gasteiger partial charge is 0.462 e. The summed E-state index contributed by atoms with van der Waals surface area (Å²) in [5.41, 5.74) is -3.41. The van der Waals surface area contributed by atoms with Crippen molar-refractivity contribution in [3.63, 3.8) is 0 Å². The Hall–Kier alpha value is -3.07. The molecule has 0 unspecified atom stereocenters. The fourth-order valence-electron chi connectivity index (χ4n) is 2.88. The lowest BCUT2D eigenvalue weighted by Crippen LogP contribution is -2.28. The van der Waals surface area contributed by atoms with Gasteiger partial charge in [-0.1, -0.05) is 42.0 Å². The summed E-state index contributed by atoms with van der Waals surface area (Å²) in [4.78, 5) is 12.5. The highest BCUT2D eigenvalue weighted by molar-refractivity contribution is 7.88. The van der Waals surface area contributed by atoms with Gasteiger partial charge in [0, 0.05) is 5.39 Å². The van der Waals surface area contributed by atoms with Gasteiger partial charge in [0.1, 0.15) is 0 Å².